The Morgan fingerprint density at radius 2 is 2.12 bits per heavy atom. The topological polar surface area (TPSA) is 68.9 Å². The van der Waals surface area contributed by atoms with Crippen LogP contribution in [0, 0.1) is 23.9 Å². The van der Waals surface area contributed by atoms with Gasteiger partial charge in [-0.2, -0.15) is 4.73 Å². The van der Waals surface area contributed by atoms with Gasteiger partial charge in [-0.05, 0) is 49.1 Å². The van der Waals surface area contributed by atoms with Gasteiger partial charge >= 0.3 is 0 Å². The molecule has 4 rings (SSSR count). The van der Waals surface area contributed by atoms with Gasteiger partial charge in [0, 0.05) is 23.6 Å². The van der Waals surface area contributed by atoms with Crippen molar-refractivity contribution in [1.82, 2.24) is 4.98 Å². The van der Waals surface area contributed by atoms with E-state index in [1.165, 1.54) is 18.3 Å². The number of carbonyl (C=O) groups is 1. The van der Waals surface area contributed by atoms with Crippen molar-refractivity contribution in [2.24, 2.45) is 5.92 Å². The average Bonchev–Trinajstić information content (AvgIpc) is 3.44. The number of hydrogen-bond acceptors (Lipinski definition) is 3. The van der Waals surface area contributed by atoms with Crippen LogP contribution in [0.1, 0.15) is 29.7 Å². The van der Waals surface area contributed by atoms with E-state index in [1.807, 2.05) is 6.92 Å². The summed E-state index contributed by atoms with van der Waals surface area (Å²) in [6.07, 6.45) is 5.28. The number of pyridine rings is 2. The quantitative estimate of drug-likeness (QED) is 0.579. The zero-order valence-corrected chi connectivity index (χ0v) is 14.3. The Balaban J connectivity index is 1.63. The number of benzene rings is 1. The Kier molecular flexibility index (Phi) is 4.03. The number of hydrogen-bond donors (Lipinski definition) is 1. The molecular formula is C20H18FN3O2. The van der Waals surface area contributed by atoms with Crippen molar-refractivity contribution in [2.45, 2.75) is 26.2 Å². The number of anilines is 1. The molecule has 26 heavy (non-hydrogen) atoms. The van der Waals surface area contributed by atoms with E-state index in [0.717, 1.165) is 34.1 Å². The lowest BCUT2D eigenvalue weighted by Gasteiger charge is -2.09. The minimum atomic E-state index is -0.318. The largest absolute Gasteiger partial charge is 0.618 e. The van der Waals surface area contributed by atoms with Crippen molar-refractivity contribution in [3.05, 3.63) is 70.6 Å². The SMILES string of the molecule is Cc1ccc(F)cc1Cc1cc2cnc(NC(=O)C3CC3)cc2c[n+]1[O-]. The van der Waals surface area contributed by atoms with Crippen LogP contribution in [0.5, 0.6) is 0 Å². The van der Waals surface area contributed by atoms with E-state index < -0.39 is 0 Å². The molecule has 1 aromatic carbocycles. The van der Waals surface area contributed by atoms with E-state index in [2.05, 4.69) is 10.3 Å². The Bertz CT molecular complexity index is 1020. The van der Waals surface area contributed by atoms with Crippen LogP contribution >= 0.6 is 0 Å². The van der Waals surface area contributed by atoms with Crippen LogP contribution in [0.2, 0.25) is 0 Å². The van der Waals surface area contributed by atoms with Crippen LogP contribution in [-0.2, 0) is 11.2 Å². The van der Waals surface area contributed by atoms with Crippen LogP contribution in [0.25, 0.3) is 10.8 Å². The third-order valence-corrected chi connectivity index (χ3v) is 4.71. The highest BCUT2D eigenvalue weighted by molar-refractivity contribution is 5.95. The molecule has 1 saturated carbocycles. The number of aromatic nitrogens is 2. The average molecular weight is 351 g/mol. The number of nitrogens with one attached hydrogen (secondary N) is 1. The third-order valence-electron chi connectivity index (χ3n) is 4.71. The number of fused-ring (bicyclic) bond motifs is 1. The molecule has 2 heterocycles. The Labute approximate surface area is 150 Å². The first-order valence-electron chi connectivity index (χ1n) is 8.57. The predicted octanol–water partition coefficient (Wildman–Crippen LogP) is 3.26. The summed E-state index contributed by atoms with van der Waals surface area (Å²) in [5.41, 5.74) is 2.22. The third kappa shape index (κ3) is 3.35. The van der Waals surface area contributed by atoms with Gasteiger partial charge in [0.05, 0.1) is 11.8 Å². The van der Waals surface area contributed by atoms with Crippen molar-refractivity contribution < 1.29 is 13.9 Å². The minimum Gasteiger partial charge on any atom is -0.618 e. The van der Waals surface area contributed by atoms with Crippen LogP contribution in [0.3, 0.4) is 0 Å². The Morgan fingerprint density at radius 3 is 2.88 bits per heavy atom. The summed E-state index contributed by atoms with van der Waals surface area (Å²) in [7, 11) is 0. The molecule has 6 heteroatoms. The van der Waals surface area contributed by atoms with Gasteiger partial charge in [0.25, 0.3) is 0 Å². The first-order valence-corrected chi connectivity index (χ1v) is 8.57. The fraction of sp³-hybridized carbons (Fsp3) is 0.250. The van der Waals surface area contributed by atoms with Gasteiger partial charge < -0.3 is 10.5 Å². The van der Waals surface area contributed by atoms with Crippen molar-refractivity contribution in [3.8, 4) is 0 Å². The lowest BCUT2D eigenvalue weighted by Crippen LogP contribution is -2.31. The fourth-order valence-corrected chi connectivity index (χ4v) is 2.96. The van der Waals surface area contributed by atoms with Crippen molar-refractivity contribution in [2.75, 3.05) is 5.32 Å². The molecule has 1 N–H and O–H groups in total. The molecule has 1 aliphatic carbocycles. The van der Waals surface area contributed by atoms with Gasteiger partial charge in [-0.15, -0.1) is 0 Å². The summed E-state index contributed by atoms with van der Waals surface area (Å²) >= 11 is 0. The van der Waals surface area contributed by atoms with E-state index in [-0.39, 0.29) is 17.6 Å². The maximum atomic E-state index is 13.5. The molecule has 0 unspecified atom stereocenters. The second-order valence-electron chi connectivity index (χ2n) is 6.80. The number of nitrogens with zero attached hydrogens (tertiary/aromatic N) is 2. The van der Waals surface area contributed by atoms with Crippen LogP contribution in [0.4, 0.5) is 10.2 Å². The predicted molar refractivity (Wildman–Crippen MR) is 96.0 cm³/mol. The normalized spacial score (nSPS) is 13.8. The van der Waals surface area contributed by atoms with E-state index in [0.29, 0.717) is 23.3 Å². The highest BCUT2D eigenvalue weighted by Crippen LogP contribution is 2.30. The number of amides is 1. The second kappa shape index (κ2) is 6.37. The molecule has 0 saturated heterocycles. The van der Waals surface area contributed by atoms with Crippen molar-refractivity contribution in [3.63, 3.8) is 0 Å². The summed E-state index contributed by atoms with van der Waals surface area (Å²) in [4.78, 5) is 16.1. The number of carbonyl (C=O) groups excluding carboxylic acids is 1. The monoisotopic (exact) mass is 351 g/mol. The van der Waals surface area contributed by atoms with Crippen LogP contribution < -0.4 is 10.0 Å². The zero-order valence-electron chi connectivity index (χ0n) is 14.3. The molecule has 1 amide bonds. The number of rotatable bonds is 4. The van der Waals surface area contributed by atoms with Crippen molar-refractivity contribution in [1.29, 1.82) is 0 Å². The van der Waals surface area contributed by atoms with Gasteiger partial charge in [0.1, 0.15) is 11.6 Å². The van der Waals surface area contributed by atoms with Gasteiger partial charge in [-0.3, -0.25) is 4.79 Å². The smallest absolute Gasteiger partial charge is 0.228 e. The van der Waals surface area contributed by atoms with Crippen LogP contribution in [0.15, 0.2) is 42.7 Å². The maximum absolute atomic E-state index is 13.5. The lowest BCUT2D eigenvalue weighted by atomic mass is 10.0. The van der Waals surface area contributed by atoms with Gasteiger partial charge in [-0.1, -0.05) is 6.07 Å². The summed E-state index contributed by atoms with van der Waals surface area (Å²) in [6.45, 7) is 1.89. The Hall–Kier alpha value is -3.02. The van der Waals surface area contributed by atoms with Gasteiger partial charge in [0.2, 0.25) is 5.91 Å². The lowest BCUT2D eigenvalue weighted by molar-refractivity contribution is -0.612. The molecule has 0 atom stereocenters. The standard InChI is InChI=1S/C20H18FN3O2/c1-12-2-5-17(21)6-14(12)7-18-8-15-10-22-19(9-16(15)11-24(18)26)23-20(25)13-3-4-13/h2,5-6,8-11,13H,3-4,7H2,1H3,(H,22,23,25). The highest BCUT2D eigenvalue weighted by Gasteiger charge is 2.29. The molecule has 0 aliphatic heterocycles. The van der Waals surface area contributed by atoms with E-state index in [9.17, 15) is 14.4 Å². The molecule has 3 aromatic rings. The van der Waals surface area contributed by atoms with E-state index in [1.54, 1.807) is 24.4 Å². The van der Waals surface area contributed by atoms with Gasteiger partial charge in [0.15, 0.2) is 11.9 Å². The molecule has 0 bridgehead atoms. The van der Waals surface area contributed by atoms with Crippen molar-refractivity contribution >= 4 is 22.5 Å². The fourth-order valence-electron chi connectivity index (χ4n) is 2.96. The highest BCUT2D eigenvalue weighted by atomic mass is 19.1. The molecule has 0 spiro atoms. The Morgan fingerprint density at radius 1 is 1.31 bits per heavy atom. The molecule has 5 nitrogen and oxygen atoms in total. The first-order chi connectivity index (χ1) is 12.5. The maximum Gasteiger partial charge on any atom is 0.228 e. The number of halogens is 1. The minimum absolute atomic E-state index is 0.0231. The second-order valence-corrected chi connectivity index (χ2v) is 6.80. The van der Waals surface area contributed by atoms with E-state index in [4.69, 9.17) is 0 Å². The molecule has 0 radical (unpaired) electrons. The summed E-state index contributed by atoms with van der Waals surface area (Å²) in [6, 6.07) is 8.02. The zero-order chi connectivity index (χ0) is 18.3. The molecule has 132 valence electrons. The van der Waals surface area contributed by atoms with E-state index >= 15 is 0 Å². The van der Waals surface area contributed by atoms with Gasteiger partial charge in [-0.25, -0.2) is 9.37 Å². The molecular weight excluding hydrogens is 333 g/mol. The van der Waals surface area contributed by atoms with Crippen LogP contribution in [-0.4, -0.2) is 10.9 Å². The summed E-state index contributed by atoms with van der Waals surface area (Å²) in [5.74, 6) is 0.198. The summed E-state index contributed by atoms with van der Waals surface area (Å²) < 4.78 is 14.3. The summed E-state index contributed by atoms with van der Waals surface area (Å²) in [5, 5.41) is 16.7. The molecule has 1 aliphatic rings. The molecule has 1 fully saturated rings. The molecule has 2 aromatic heterocycles. The first kappa shape index (κ1) is 16.4. The number of aryl methyl sites for hydroxylation is 1.